The highest BCUT2D eigenvalue weighted by molar-refractivity contribution is 5.42. The number of nitrogens with one attached hydrogen (secondary N) is 1. The lowest BCUT2D eigenvalue weighted by Gasteiger charge is -2.28. The van der Waals surface area contributed by atoms with Crippen molar-refractivity contribution < 1.29 is 9.84 Å². The number of hydrogen-bond donors (Lipinski definition) is 2. The number of aliphatic hydroxyl groups excluding tert-OH is 1. The van der Waals surface area contributed by atoms with E-state index >= 15 is 0 Å². The molecule has 0 bridgehead atoms. The molecule has 1 atom stereocenters. The van der Waals surface area contributed by atoms with Crippen LogP contribution in [0.25, 0.3) is 0 Å². The van der Waals surface area contributed by atoms with Crippen molar-refractivity contribution in [1.82, 2.24) is 4.90 Å². The molecule has 1 aromatic carbocycles. The van der Waals surface area contributed by atoms with E-state index in [9.17, 15) is 5.11 Å². The lowest BCUT2D eigenvalue weighted by molar-refractivity contribution is 0.0171. The van der Waals surface area contributed by atoms with Crippen molar-refractivity contribution in [1.29, 1.82) is 0 Å². The predicted molar refractivity (Wildman–Crippen MR) is 68.2 cm³/mol. The molecule has 1 aromatic rings. The van der Waals surface area contributed by atoms with Gasteiger partial charge in [-0.1, -0.05) is 18.2 Å². The molecule has 0 aromatic heterocycles. The highest BCUT2D eigenvalue weighted by Gasteiger charge is 2.14. The molecule has 2 N–H and O–H groups in total. The minimum Gasteiger partial charge on any atom is -0.390 e. The molecule has 2 rings (SSSR count). The molecule has 1 fully saturated rings. The van der Waals surface area contributed by atoms with Crippen LogP contribution in [0, 0.1) is 0 Å². The number of ether oxygens (including phenoxy) is 1. The lowest BCUT2D eigenvalue weighted by atomic mass is 10.2. The van der Waals surface area contributed by atoms with Crippen molar-refractivity contribution in [3.05, 3.63) is 30.3 Å². The molecule has 17 heavy (non-hydrogen) atoms. The van der Waals surface area contributed by atoms with Gasteiger partial charge in [-0.05, 0) is 12.1 Å². The molecule has 94 valence electrons. The van der Waals surface area contributed by atoms with E-state index in [1.165, 1.54) is 0 Å². The molecule has 0 spiro atoms. The summed E-state index contributed by atoms with van der Waals surface area (Å²) in [6, 6.07) is 9.95. The highest BCUT2D eigenvalue weighted by atomic mass is 16.5. The van der Waals surface area contributed by atoms with E-state index in [1.54, 1.807) is 0 Å². The molecule has 0 saturated carbocycles. The van der Waals surface area contributed by atoms with Crippen LogP contribution in [-0.2, 0) is 4.74 Å². The Bertz CT molecular complexity index is 312. The average Bonchev–Trinajstić information content (AvgIpc) is 2.39. The van der Waals surface area contributed by atoms with E-state index in [4.69, 9.17) is 4.74 Å². The number of para-hydroxylation sites is 1. The van der Waals surface area contributed by atoms with Gasteiger partial charge in [0.15, 0.2) is 0 Å². The molecular formula is C13H20N2O2. The molecule has 1 saturated heterocycles. The molecule has 0 amide bonds. The van der Waals surface area contributed by atoms with Crippen LogP contribution in [0.15, 0.2) is 30.3 Å². The number of anilines is 1. The van der Waals surface area contributed by atoms with Gasteiger partial charge in [0, 0.05) is 31.9 Å². The van der Waals surface area contributed by atoms with E-state index in [0.717, 1.165) is 32.0 Å². The van der Waals surface area contributed by atoms with Gasteiger partial charge in [-0.25, -0.2) is 0 Å². The van der Waals surface area contributed by atoms with Gasteiger partial charge in [0.2, 0.25) is 0 Å². The number of rotatable bonds is 5. The third kappa shape index (κ3) is 4.34. The lowest BCUT2D eigenvalue weighted by Crippen LogP contribution is -2.42. The fourth-order valence-electron chi connectivity index (χ4n) is 1.94. The maximum atomic E-state index is 9.92. The first-order valence-corrected chi connectivity index (χ1v) is 6.11. The van der Waals surface area contributed by atoms with Gasteiger partial charge in [0.05, 0.1) is 19.3 Å². The van der Waals surface area contributed by atoms with E-state index in [1.807, 2.05) is 30.3 Å². The van der Waals surface area contributed by atoms with Gasteiger partial charge in [-0.2, -0.15) is 0 Å². The summed E-state index contributed by atoms with van der Waals surface area (Å²) in [5, 5.41) is 13.1. The molecule has 1 aliphatic rings. The zero-order valence-electron chi connectivity index (χ0n) is 10.0. The van der Waals surface area contributed by atoms with Crippen molar-refractivity contribution >= 4 is 5.69 Å². The number of morpholine rings is 1. The second-order valence-electron chi connectivity index (χ2n) is 4.31. The largest absolute Gasteiger partial charge is 0.390 e. The summed E-state index contributed by atoms with van der Waals surface area (Å²) in [5.74, 6) is 0. The van der Waals surface area contributed by atoms with Crippen LogP contribution < -0.4 is 5.32 Å². The summed E-state index contributed by atoms with van der Waals surface area (Å²) >= 11 is 0. The Morgan fingerprint density at radius 1 is 1.24 bits per heavy atom. The molecule has 0 unspecified atom stereocenters. The van der Waals surface area contributed by atoms with Gasteiger partial charge in [0.1, 0.15) is 0 Å². The number of hydrogen-bond acceptors (Lipinski definition) is 4. The molecule has 1 aliphatic heterocycles. The predicted octanol–water partition coefficient (Wildman–Crippen LogP) is 0.792. The van der Waals surface area contributed by atoms with Crippen LogP contribution in [0.4, 0.5) is 5.69 Å². The first kappa shape index (κ1) is 12.4. The average molecular weight is 236 g/mol. The smallest absolute Gasteiger partial charge is 0.0839 e. The fraction of sp³-hybridized carbons (Fsp3) is 0.538. The molecule has 1 heterocycles. The summed E-state index contributed by atoms with van der Waals surface area (Å²) in [5.41, 5.74) is 1.05. The summed E-state index contributed by atoms with van der Waals surface area (Å²) in [6.07, 6.45) is -0.340. The Morgan fingerprint density at radius 3 is 2.65 bits per heavy atom. The van der Waals surface area contributed by atoms with Crippen molar-refractivity contribution in [3.63, 3.8) is 0 Å². The number of nitrogens with zero attached hydrogens (tertiary/aromatic N) is 1. The Labute approximate surface area is 102 Å². The summed E-state index contributed by atoms with van der Waals surface area (Å²) in [4.78, 5) is 2.24. The van der Waals surface area contributed by atoms with E-state index in [2.05, 4.69) is 10.2 Å². The number of β-amino-alcohol motifs (C(OH)–C–C–N with tert-alkyl or cyclic N) is 1. The third-order valence-electron chi connectivity index (χ3n) is 2.89. The normalized spacial score (nSPS) is 18.9. The van der Waals surface area contributed by atoms with Crippen molar-refractivity contribution in [2.24, 2.45) is 0 Å². The van der Waals surface area contributed by atoms with Crippen LogP contribution >= 0.6 is 0 Å². The SMILES string of the molecule is O[C@H](CNc1ccccc1)CN1CCOCC1. The highest BCUT2D eigenvalue weighted by Crippen LogP contribution is 2.05. The number of aliphatic hydroxyl groups is 1. The van der Waals surface area contributed by atoms with Crippen molar-refractivity contribution in [2.75, 3.05) is 44.7 Å². The standard InChI is InChI=1S/C13H20N2O2/c16-13(11-15-6-8-17-9-7-15)10-14-12-4-2-1-3-5-12/h1-5,13-14,16H,6-11H2/t13-/m1/s1. The minimum atomic E-state index is -0.340. The van der Waals surface area contributed by atoms with Gasteiger partial charge in [-0.15, -0.1) is 0 Å². The first-order chi connectivity index (χ1) is 8.34. The molecule has 0 radical (unpaired) electrons. The van der Waals surface area contributed by atoms with Crippen LogP contribution in [0.2, 0.25) is 0 Å². The van der Waals surface area contributed by atoms with Crippen LogP contribution in [0.1, 0.15) is 0 Å². The van der Waals surface area contributed by atoms with Gasteiger partial charge >= 0.3 is 0 Å². The molecule has 4 heteroatoms. The quantitative estimate of drug-likeness (QED) is 0.793. The molecule has 4 nitrogen and oxygen atoms in total. The van der Waals surface area contributed by atoms with Gasteiger partial charge < -0.3 is 15.2 Å². The maximum Gasteiger partial charge on any atom is 0.0839 e. The fourth-order valence-corrected chi connectivity index (χ4v) is 1.94. The summed E-state index contributed by atoms with van der Waals surface area (Å²) in [7, 11) is 0. The van der Waals surface area contributed by atoms with E-state index < -0.39 is 0 Å². The second kappa shape index (κ2) is 6.59. The Balaban J connectivity index is 1.68. The van der Waals surface area contributed by atoms with E-state index in [-0.39, 0.29) is 6.10 Å². The van der Waals surface area contributed by atoms with Crippen molar-refractivity contribution in [2.45, 2.75) is 6.10 Å². The summed E-state index contributed by atoms with van der Waals surface area (Å²) in [6.45, 7) is 4.69. The van der Waals surface area contributed by atoms with Crippen molar-refractivity contribution in [3.8, 4) is 0 Å². The van der Waals surface area contributed by atoms with Crippen LogP contribution in [-0.4, -0.2) is 55.5 Å². The molecular weight excluding hydrogens is 216 g/mol. The van der Waals surface area contributed by atoms with Crippen LogP contribution in [0.3, 0.4) is 0 Å². The zero-order valence-corrected chi connectivity index (χ0v) is 10.0. The van der Waals surface area contributed by atoms with E-state index in [0.29, 0.717) is 13.1 Å². The third-order valence-corrected chi connectivity index (χ3v) is 2.89. The Kier molecular flexibility index (Phi) is 4.79. The Hall–Kier alpha value is -1.10. The second-order valence-corrected chi connectivity index (χ2v) is 4.31. The van der Waals surface area contributed by atoms with Gasteiger partial charge in [-0.3, -0.25) is 4.90 Å². The molecule has 0 aliphatic carbocycles. The van der Waals surface area contributed by atoms with Gasteiger partial charge in [0.25, 0.3) is 0 Å². The van der Waals surface area contributed by atoms with Crippen LogP contribution in [0.5, 0.6) is 0 Å². The zero-order chi connectivity index (χ0) is 11.9. The monoisotopic (exact) mass is 236 g/mol. The Morgan fingerprint density at radius 2 is 1.94 bits per heavy atom. The number of benzene rings is 1. The minimum absolute atomic E-state index is 0.340. The first-order valence-electron chi connectivity index (χ1n) is 6.11. The maximum absolute atomic E-state index is 9.92. The summed E-state index contributed by atoms with van der Waals surface area (Å²) < 4.78 is 5.27. The topological polar surface area (TPSA) is 44.7 Å².